The molecule has 0 fully saturated rings. The van der Waals surface area contributed by atoms with Gasteiger partial charge in [0.25, 0.3) is 0 Å². The predicted octanol–water partition coefficient (Wildman–Crippen LogP) is 2.39. The van der Waals surface area contributed by atoms with E-state index in [2.05, 4.69) is 25.3 Å². The number of rotatable bonds is 8. The normalized spacial score (nSPS) is 12.8. The molecule has 3 heteroatoms. The fourth-order valence-corrected chi connectivity index (χ4v) is 1.55. The number of carbonyl (C=O) groups is 1. The molecule has 0 aliphatic heterocycles. The van der Waals surface area contributed by atoms with E-state index < -0.39 is 5.97 Å². The molecule has 1 unspecified atom stereocenters. The van der Waals surface area contributed by atoms with Gasteiger partial charge in [0.2, 0.25) is 0 Å². The van der Waals surface area contributed by atoms with Gasteiger partial charge in [0.1, 0.15) is 0 Å². The lowest BCUT2D eigenvalue weighted by Gasteiger charge is -2.19. The summed E-state index contributed by atoms with van der Waals surface area (Å²) in [5.41, 5.74) is 0.328. The van der Waals surface area contributed by atoms with Crippen LogP contribution in [0, 0.1) is 5.92 Å². The molecular formula is C12H23NO2. The highest BCUT2D eigenvalue weighted by atomic mass is 16.4. The van der Waals surface area contributed by atoms with Crippen molar-refractivity contribution in [2.75, 3.05) is 19.6 Å². The molecule has 0 saturated heterocycles. The molecule has 0 amide bonds. The summed E-state index contributed by atoms with van der Waals surface area (Å²) in [6.45, 7) is 13.0. The van der Waals surface area contributed by atoms with Crippen molar-refractivity contribution in [3.05, 3.63) is 12.2 Å². The fraction of sp³-hybridized carbons (Fsp3) is 0.750. The Morgan fingerprint density at radius 2 is 1.93 bits per heavy atom. The van der Waals surface area contributed by atoms with Crippen LogP contribution in [0.5, 0.6) is 0 Å². The smallest absolute Gasteiger partial charge is 0.331 e. The molecular weight excluding hydrogens is 190 g/mol. The molecule has 0 aromatic heterocycles. The highest BCUT2D eigenvalue weighted by Gasteiger charge is 2.13. The van der Waals surface area contributed by atoms with E-state index in [-0.39, 0.29) is 5.92 Å². The topological polar surface area (TPSA) is 40.5 Å². The summed E-state index contributed by atoms with van der Waals surface area (Å²) >= 11 is 0. The Morgan fingerprint density at radius 3 is 2.33 bits per heavy atom. The molecule has 0 radical (unpaired) electrons. The van der Waals surface area contributed by atoms with Gasteiger partial charge >= 0.3 is 5.97 Å². The number of hydrogen-bond donors (Lipinski definition) is 1. The molecule has 1 atom stereocenters. The van der Waals surface area contributed by atoms with Crippen LogP contribution in [0.15, 0.2) is 12.2 Å². The minimum absolute atomic E-state index is 0.0815. The molecule has 0 saturated carbocycles. The quantitative estimate of drug-likeness (QED) is 0.629. The van der Waals surface area contributed by atoms with Crippen LogP contribution >= 0.6 is 0 Å². The van der Waals surface area contributed by atoms with Crippen LogP contribution in [0.3, 0.4) is 0 Å². The van der Waals surface area contributed by atoms with Crippen LogP contribution in [0.4, 0.5) is 0 Å². The van der Waals surface area contributed by atoms with Gasteiger partial charge in [-0.05, 0) is 38.4 Å². The Balaban J connectivity index is 3.76. The van der Waals surface area contributed by atoms with E-state index in [9.17, 15) is 4.79 Å². The van der Waals surface area contributed by atoms with Crippen molar-refractivity contribution in [1.82, 2.24) is 4.90 Å². The maximum atomic E-state index is 10.6. The minimum atomic E-state index is -0.870. The van der Waals surface area contributed by atoms with Gasteiger partial charge in [-0.3, -0.25) is 0 Å². The van der Waals surface area contributed by atoms with Gasteiger partial charge in [-0.15, -0.1) is 0 Å². The molecule has 0 heterocycles. The minimum Gasteiger partial charge on any atom is -0.478 e. The molecule has 88 valence electrons. The van der Waals surface area contributed by atoms with Gasteiger partial charge < -0.3 is 10.0 Å². The van der Waals surface area contributed by atoms with Gasteiger partial charge in [-0.2, -0.15) is 0 Å². The summed E-state index contributed by atoms with van der Waals surface area (Å²) in [5.74, 6) is -0.789. The summed E-state index contributed by atoms with van der Waals surface area (Å²) in [6.07, 6.45) is 1.94. The highest BCUT2D eigenvalue weighted by Crippen LogP contribution is 2.15. The van der Waals surface area contributed by atoms with Crippen molar-refractivity contribution < 1.29 is 9.90 Å². The number of hydrogen-bond acceptors (Lipinski definition) is 2. The zero-order valence-corrected chi connectivity index (χ0v) is 10.1. The van der Waals surface area contributed by atoms with E-state index >= 15 is 0 Å². The Labute approximate surface area is 92.8 Å². The second-order valence-corrected chi connectivity index (χ2v) is 3.90. The largest absolute Gasteiger partial charge is 0.478 e. The van der Waals surface area contributed by atoms with Crippen molar-refractivity contribution in [1.29, 1.82) is 0 Å². The lowest BCUT2D eigenvalue weighted by Crippen LogP contribution is -2.24. The number of aliphatic carboxylic acids is 1. The van der Waals surface area contributed by atoms with Crippen molar-refractivity contribution in [3.63, 3.8) is 0 Å². The van der Waals surface area contributed by atoms with Crippen LogP contribution in [0.25, 0.3) is 0 Å². The first-order chi connectivity index (χ1) is 7.02. The first-order valence-corrected chi connectivity index (χ1v) is 5.67. The van der Waals surface area contributed by atoms with E-state index in [1.165, 1.54) is 0 Å². The van der Waals surface area contributed by atoms with Gasteiger partial charge in [0.05, 0.1) is 0 Å². The lowest BCUT2D eigenvalue weighted by atomic mass is 9.97. The Hall–Kier alpha value is -0.830. The van der Waals surface area contributed by atoms with Gasteiger partial charge in [-0.25, -0.2) is 4.79 Å². The molecule has 15 heavy (non-hydrogen) atoms. The van der Waals surface area contributed by atoms with Gasteiger partial charge in [0.15, 0.2) is 0 Å². The Morgan fingerprint density at radius 1 is 1.40 bits per heavy atom. The SMILES string of the molecule is C=C(C(=O)O)C(C)CCCN(CC)CC. The third-order valence-electron chi connectivity index (χ3n) is 2.88. The van der Waals surface area contributed by atoms with Crippen LogP contribution in [0.1, 0.15) is 33.6 Å². The molecule has 0 aromatic carbocycles. The van der Waals surface area contributed by atoms with E-state index in [1.54, 1.807) is 0 Å². The zero-order valence-electron chi connectivity index (χ0n) is 10.1. The first-order valence-electron chi connectivity index (χ1n) is 5.67. The lowest BCUT2D eigenvalue weighted by molar-refractivity contribution is -0.133. The Kier molecular flexibility index (Phi) is 7.05. The average Bonchev–Trinajstić information content (AvgIpc) is 2.22. The standard InChI is InChI=1S/C12H23NO2/c1-5-13(6-2)9-7-8-10(3)11(4)12(14)15/h10H,4-9H2,1-3H3,(H,14,15). The summed E-state index contributed by atoms with van der Waals surface area (Å²) < 4.78 is 0. The molecule has 1 N–H and O–H groups in total. The summed E-state index contributed by atoms with van der Waals surface area (Å²) in [4.78, 5) is 13.0. The molecule has 3 nitrogen and oxygen atoms in total. The van der Waals surface area contributed by atoms with Crippen LogP contribution in [0.2, 0.25) is 0 Å². The molecule has 0 aliphatic rings. The monoisotopic (exact) mass is 213 g/mol. The zero-order chi connectivity index (χ0) is 11.8. The van der Waals surface area contributed by atoms with E-state index in [0.29, 0.717) is 5.57 Å². The number of nitrogens with zero attached hydrogens (tertiary/aromatic N) is 1. The Bertz CT molecular complexity index is 210. The molecule has 0 spiro atoms. The number of carboxylic acid groups (broad SMARTS) is 1. The van der Waals surface area contributed by atoms with E-state index in [4.69, 9.17) is 5.11 Å². The summed E-state index contributed by atoms with van der Waals surface area (Å²) in [7, 11) is 0. The molecule has 0 bridgehead atoms. The summed E-state index contributed by atoms with van der Waals surface area (Å²) in [6, 6.07) is 0. The number of carboxylic acids is 1. The van der Waals surface area contributed by atoms with Crippen LogP contribution < -0.4 is 0 Å². The fourth-order valence-electron chi connectivity index (χ4n) is 1.55. The third-order valence-corrected chi connectivity index (χ3v) is 2.88. The van der Waals surface area contributed by atoms with Gasteiger partial charge in [0, 0.05) is 5.57 Å². The second-order valence-electron chi connectivity index (χ2n) is 3.90. The molecule has 0 aromatic rings. The average molecular weight is 213 g/mol. The van der Waals surface area contributed by atoms with Gasteiger partial charge in [-0.1, -0.05) is 27.4 Å². The first kappa shape index (κ1) is 14.2. The van der Waals surface area contributed by atoms with Crippen molar-refractivity contribution >= 4 is 5.97 Å². The van der Waals surface area contributed by atoms with E-state index in [1.807, 2.05) is 6.92 Å². The molecule has 0 aliphatic carbocycles. The molecule has 0 rings (SSSR count). The van der Waals surface area contributed by atoms with Crippen LogP contribution in [-0.4, -0.2) is 35.6 Å². The van der Waals surface area contributed by atoms with Crippen LogP contribution in [-0.2, 0) is 4.79 Å². The maximum Gasteiger partial charge on any atom is 0.331 e. The highest BCUT2D eigenvalue weighted by molar-refractivity contribution is 5.86. The van der Waals surface area contributed by atoms with E-state index in [0.717, 1.165) is 32.5 Å². The predicted molar refractivity (Wildman–Crippen MR) is 63.0 cm³/mol. The third kappa shape index (κ3) is 5.57. The second kappa shape index (κ2) is 7.46. The summed E-state index contributed by atoms with van der Waals surface area (Å²) in [5, 5.41) is 8.74. The van der Waals surface area contributed by atoms with Crippen molar-refractivity contribution in [2.24, 2.45) is 5.92 Å². The van der Waals surface area contributed by atoms with Crippen molar-refractivity contribution in [3.8, 4) is 0 Å². The maximum absolute atomic E-state index is 10.6. The van der Waals surface area contributed by atoms with Crippen molar-refractivity contribution in [2.45, 2.75) is 33.6 Å².